The zero-order valence-electron chi connectivity index (χ0n) is 10.2. The van der Waals surface area contributed by atoms with E-state index in [2.05, 4.69) is 47.5 Å². The number of aromatic nitrogens is 1. The Bertz CT molecular complexity index is 659. The number of nitrogens with zero attached hydrogens (tertiary/aromatic N) is 2. The molecule has 0 aliphatic rings. The van der Waals surface area contributed by atoms with Crippen LogP contribution in [-0.2, 0) is 0 Å². The number of benzene rings is 1. The van der Waals surface area contributed by atoms with E-state index in [9.17, 15) is 9.90 Å². The third kappa shape index (κ3) is 3.45. The molecule has 0 saturated heterocycles. The van der Waals surface area contributed by atoms with E-state index in [0.29, 0.717) is 20.3 Å². The highest BCUT2D eigenvalue weighted by Gasteiger charge is 2.09. The molecule has 0 unspecified atom stereocenters. The maximum absolute atomic E-state index is 11.6. The van der Waals surface area contributed by atoms with Crippen LogP contribution in [0.15, 0.2) is 36.8 Å². The highest BCUT2D eigenvalue weighted by molar-refractivity contribution is 9.11. The van der Waals surface area contributed by atoms with Crippen LogP contribution in [0.25, 0.3) is 0 Å². The molecule has 0 spiro atoms. The van der Waals surface area contributed by atoms with Gasteiger partial charge in [0.25, 0.3) is 5.91 Å². The van der Waals surface area contributed by atoms with Crippen molar-refractivity contribution in [1.29, 1.82) is 0 Å². The van der Waals surface area contributed by atoms with Crippen LogP contribution in [0.3, 0.4) is 0 Å². The summed E-state index contributed by atoms with van der Waals surface area (Å²) in [6.45, 7) is 1.69. The van der Waals surface area contributed by atoms with Crippen LogP contribution >= 0.6 is 31.9 Å². The molecule has 0 aliphatic heterocycles. The van der Waals surface area contributed by atoms with Gasteiger partial charge in [-0.2, -0.15) is 5.10 Å². The van der Waals surface area contributed by atoms with Gasteiger partial charge in [0, 0.05) is 6.07 Å². The Kier molecular flexibility index (Phi) is 4.56. The van der Waals surface area contributed by atoms with Crippen molar-refractivity contribution in [3.05, 3.63) is 44.2 Å². The maximum Gasteiger partial charge on any atom is 0.293 e. The smallest absolute Gasteiger partial charge is 0.293 e. The number of hydrogen-bond donors (Lipinski definition) is 2. The van der Waals surface area contributed by atoms with Gasteiger partial charge in [-0.15, -0.1) is 0 Å². The first-order chi connectivity index (χ1) is 9.47. The third-order valence-corrected chi connectivity index (χ3v) is 3.49. The number of carbonyl (C=O) groups excluding carboxylic acids is 1. The molecule has 104 valence electrons. The van der Waals surface area contributed by atoms with E-state index in [1.54, 1.807) is 19.1 Å². The summed E-state index contributed by atoms with van der Waals surface area (Å²) in [6.07, 6.45) is 1.44. The van der Waals surface area contributed by atoms with Crippen molar-refractivity contribution in [2.75, 3.05) is 0 Å². The molecule has 1 aromatic heterocycles. The number of hydrazone groups is 1. The molecule has 0 saturated carbocycles. The first-order valence-electron chi connectivity index (χ1n) is 5.42. The van der Waals surface area contributed by atoms with E-state index in [1.807, 2.05) is 0 Å². The van der Waals surface area contributed by atoms with Crippen LogP contribution in [0, 0.1) is 6.92 Å². The molecule has 1 aromatic carbocycles. The highest BCUT2D eigenvalue weighted by atomic mass is 79.9. The van der Waals surface area contributed by atoms with Gasteiger partial charge in [-0.1, -0.05) is 5.16 Å². The third-order valence-electron chi connectivity index (χ3n) is 2.28. The standard InChI is InChI=1S/C12H9Br2N3O3/c1-6-2-10(17-20-6)12(19)16-15-5-7-3-8(13)11(18)9(14)4-7/h2-5,18H,1H3,(H,16,19). The van der Waals surface area contributed by atoms with Gasteiger partial charge in [-0.25, -0.2) is 5.43 Å². The number of aromatic hydroxyl groups is 1. The largest absolute Gasteiger partial charge is 0.506 e. The minimum Gasteiger partial charge on any atom is -0.506 e. The quantitative estimate of drug-likeness (QED) is 0.610. The lowest BCUT2D eigenvalue weighted by atomic mass is 10.2. The van der Waals surface area contributed by atoms with Crippen LogP contribution in [0.2, 0.25) is 0 Å². The van der Waals surface area contributed by atoms with Gasteiger partial charge < -0.3 is 9.63 Å². The Morgan fingerprint density at radius 2 is 2.05 bits per heavy atom. The lowest BCUT2D eigenvalue weighted by molar-refractivity contribution is 0.0946. The predicted molar refractivity (Wildman–Crippen MR) is 79.8 cm³/mol. The molecule has 1 amide bonds. The first kappa shape index (κ1) is 14.7. The molecule has 1 heterocycles. The van der Waals surface area contributed by atoms with Crippen LogP contribution in [0.1, 0.15) is 21.8 Å². The number of nitrogens with one attached hydrogen (secondary N) is 1. The molecular formula is C12H9Br2N3O3. The Hall–Kier alpha value is -1.67. The summed E-state index contributed by atoms with van der Waals surface area (Å²) >= 11 is 6.41. The highest BCUT2D eigenvalue weighted by Crippen LogP contribution is 2.32. The van der Waals surface area contributed by atoms with Gasteiger partial charge in [0.2, 0.25) is 0 Å². The van der Waals surface area contributed by atoms with E-state index in [-0.39, 0.29) is 11.4 Å². The van der Waals surface area contributed by atoms with Crippen LogP contribution in [0.4, 0.5) is 0 Å². The molecule has 0 radical (unpaired) electrons. The van der Waals surface area contributed by atoms with E-state index < -0.39 is 5.91 Å². The molecule has 20 heavy (non-hydrogen) atoms. The molecule has 8 heteroatoms. The van der Waals surface area contributed by atoms with Crippen LogP contribution in [0.5, 0.6) is 5.75 Å². The van der Waals surface area contributed by atoms with Crippen LogP contribution < -0.4 is 5.43 Å². The van der Waals surface area contributed by atoms with Gasteiger partial charge in [-0.05, 0) is 56.5 Å². The summed E-state index contributed by atoms with van der Waals surface area (Å²) < 4.78 is 5.83. The lowest BCUT2D eigenvalue weighted by Gasteiger charge is -2.01. The molecule has 0 aliphatic carbocycles. The molecule has 2 N–H and O–H groups in total. The zero-order chi connectivity index (χ0) is 14.7. The van der Waals surface area contributed by atoms with Crippen molar-refractivity contribution in [3.8, 4) is 5.75 Å². The maximum atomic E-state index is 11.6. The number of phenols is 1. The van der Waals surface area contributed by atoms with Gasteiger partial charge in [-0.3, -0.25) is 4.79 Å². The topological polar surface area (TPSA) is 87.7 Å². The van der Waals surface area contributed by atoms with Gasteiger partial charge >= 0.3 is 0 Å². The summed E-state index contributed by atoms with van der Waals surface area (Å²) in [6, 6.07) is 4.84. The average molecular weight is 403 g/mol. The fourth-order valence-electron chi connectivity index (χ4n) is 1.36. The number of halogens is 2. The SMILES string of the molecule is Cc1cc(C(=O)NN=Cc2cc(Br)c(O)c(Br)c2)no1. The van der Waals surface area contributed by atoms with Crippen molar-refractivity contribution in [2.45, 2.75) is 6.92 Å². The van der Waals surface area contributed by atoms with Crippen molar-refractivity contribution < 1.29 is 14.4 Å². The minimum atomic E-state index is -0.463. The lowest BCUT2D eigenvalue weighted by Crippen LogP contribution is -2.17. The minimum absolute atomic E-state index is 0.101. The monoisotopic (exact) mass is 401 g/mol. The average Bonchev–Trinajstić information content (AvgIpc) is 2.82. The second-order valence-electron chi connectivity index (χ2n) is 3.86. The first-order valence-corrected chi connectivity index (χ1v) is 7.00. The molecule has 0 bridgehead atoms. The fraction of sp³-hybridized carbons (Fsp3) is 0.0833. The van der Waals surface area contributed by atoms with E-state index in [0.717, 1.165) is 0 Å². The van der Waals surface area contributed by atoms with E-state index in [1.165, 1.54) is 12.3 Å². The summed E-state index contributed by atoms with van der Waals surface area (Å²) in [4.78, 5) is 11.6. The summed E-state index contributed by atoms with van der Waals surface area (Å²) in [5.41, 5.74) is 3.18. The van der Waals surface area contributed by atoms with Gasteiger partial charge in [0.05, 0.1) is 15.2 Å². The summed E-state index contributed by atoms with van der Waals surface area (Å²) in [7, 11) is 0. The number of carbonyl (C=O) groups is 1. The Morgan fingerprint density at radius 1 is 1.40 bits per heavy atom. The van der Waals surface area contributed by atoms with Crippen LogP contribution in [-0.4, -0.2) is 22.4 Å². The van der Waals surface area contributed by atoms with Crippen molar-refractivity contribution >= 4 is 44.0 Å². The van der Waals surface area contributed by atoms with Gasteiger partial charge in [0.15, 0.2) is 5.69 Å². The molecule has 0 atom stereocenters. The molecule has 2 aromatic rings. The Morgan fingerprint density at radius 3 is 2.60 bits per heavy atom. The van der Waals surface area contributed by atoms with E-state index in [4.69, 9.17) is 4.52 Å². The Balaban J connectivity index is 2.05. The van der Waals surface area contributed by atoms with Crippen molar-refractivity contribution in [2.24, 2.45) is 5.10 Å². The number of aryl methyl sites for hydroxylation is 1. The van der Waals surface area contributed by atoms with Crippen molar-refractivity contribution in [3.63, 3.8) is 0 Å². The van der Waals surface area contributed by atoms with Crippen molar-refractivity contribution in [1.82, 2.24) is 10.6 Å². The number of phenolic OH excluding ortho intramolecular Hbond substituents is 1. The summed E-state index contributed by atoms with van der Waals surface area (Å²) in [5.74, 6) is 0.185. The molecule has 2 rings (SSSR count). The Labute approximate surface area is 131 Å². The second-order valence-corrected chi connectivity index (χ2v) is 5.56. The van der Waals surface area contributed by atoms with Gasteiger partial charge in [0.1, 0.15) is 11.5 Å². The number of rotatable bonds is 3. The summed E-state index contributed by atoms with van der Waals surface area (Å²) in [5, 5.41) is 17.0. The number of amides is 1. The second kappa shape index (κ2) is 6.19. The fourth-order valence-corrected chi connectivity index (χ4v) is 2.58. The molecule has 0 fully saturated rings. The zero-order valence-corrected chi connectivity index (χ0v) is 13.4. The molecular weight excluding hydrogens is 394 g/mol. The van der Waals surface area contributed by atoms with E-state index >= 15 is 0 Å². The normalized spacial score (nSPS) is 10.9. The molecule has 6 nitrogen and oxygen atoms in total. The number of hydrogen-bond acceptors (Lipinski definition) is 5. The predicted octanol–water partition coefficient (Wildman–Crippen LogP) is 2.98.